The number of thiophene rings is 2. The quantitative estimate of drug-likeness (QED) is 0.842. The number of ether oxygens (including phenoxy) is 2. The fourth-order valence-electron chi connectivity index (χ4n) is 2.61. The fraction of sp³-hybridized carbons (Fsp3) is 0.250. The SMILES string of the molecule is COC(=O)c1c(C)sc2c1OC(N)=C(C#N)C2c1ccc(C)s1. The van der Waals surface area contributed by atoms with Crippen molar-refractivity contribution in [2.75, 3.05) is 7.11 Å². The molecule has 0 aromatic carbocycles. The summed E-state index contributed by atoms with van der Waals surface area (Å²) in [5, 5.41) is 9.51. The maximum atomic E-state index is 12.1. The topological polar surface area (TPSA) is 85.3 Å². The average Bonchev–Trinajstić information content (AvgIpc) is 3.08. The number of nitriles is 1. The highest BCUT2D eigenvalue weighted by atomic mass is 32.1. The van der Waals surface area contributed by atoms with E-state index in [1.807, 2.05) is 26.0 Å². The Balaban J connectivity index is 2.24. The van der Waals surface area contributed by atoms with Crippen LogP contribution in [0.2, 0.25) is 0 Å². The van der Waals surface area contributed by atoms with Crippen LogP contribution in [-0.4, -0.2) is 13.1 Å². The van der Waals surface area contributed by atoms with Crippen LogP contribution in [0.4, 0.5) is 0 Å². The summed E-state index contributed by atoms with van der Waals surface area (Å²) in [6.45, 7) is 3.84. The van der Waals surface area contributed by atoms with Gasteiger partial charge in [-0.25, -0.2) is 4.79 Å². The molecule has 3 heterocycles. The molecular weight excluding hydrogens is 332 g/mol. The van der Waals surface area contributed by atoms with E-state index < -0.39 is 5.97 Å². The molecule has 1 aliphatic heterocycles. The van der Waals surface area contributed by atoms with Crippen LogP contribution in [0.25, 0.3) is 0 Å². The van der Waals surface area contributed by atoms with E-state index in [2.05, 4.69) is 6.07 Å². The molecule has 3 rings (SSSR count). The van der Waals surface area contributed by atoms with Crippen LogP contribution >= 0.6 is 22.7 Å². The number of hydrogen-bond donors (Lipinski definition) is 1. The smallest absolute Gasteiger partial charge is 0.342 e. The van der Waals surface area contributed by atoms with Crippen molar-refractivity contribution in [2.45, 2.75) is 19.8 Å². The maximum absolute atomic E-state index is 12.1. The molecule has 2 aromatic heterocycles. The van der Waals surface area contributed by atoms with E-state index in [1.54, 1.807) is 11.3 Å². The monoisotopic (exact) mass is 346 g/mol. The van der Waals surface area contributed by atoms with E-state index in [0.717, 1.165) is 19.5 Å². The number of allylic oxidation sites excluding steroid dienone is 1. The lowest BCUT2D eigenvalue weighted by molar-refractivity contribution is 0.0597. The van der Waals surface area contributed by atoms with Gasteiger partial charge < -0.3 is 15.2 Å². The molecule has 1 unspecified atom stereocenters. The summed E-state index contributed by atoms with van der Waals surface area (Å²) in [5.41, 5.74) is 6.70. The Morgan fingerprint density at radius 3 is 2.70 bits per heavy atom. The Kier molecular flexibility index (Phi) is 3.88. The van der Waals surface area contributed by atoms with Gasteiger partial charge in [-0.15, -0.1) is 22.7 Å². The number of aryl methyl sites for hydroxylation is 2. The first-order chi connectivity index (χ1) is 11.0. The number of methoxy groups -OCH3 is 1. The van der Waals surface area contributed by atoms with Gasteiger partial charge in [-0.1, -0.05) is 0 Å². The van der Waals surface area contributed by atoms with Crippen molar-refractivity contribution >= 4 is 28.6 Å². The molecule has 0 aliphatic carbocycles. The van der Waals surface area contributed by atoms with Crippen LogP contribution in [0.3, 0.4) is 0 Å². The van der Waals surface area contributed by atoms with E-state index in [4.69, 9.17) is 15.2 Å². The molecule has 7 heteroatoms. The molecule has 118 valence electrons. The maximum Gasteiger partial charge on any atom is 0.342 e. The second-order valence-corrected chi connectivity index (χ2v) is 7.67. The molecule has 5 nitrogen and oxygen atoms in total. The lowest BCUT2D eigenvalue weighted by Crippen LogP contribution is -2.20. The van der Waals surface area contributed by atoms with E-state index in [1.165, 1.54) is 18.4 Å². The van der Waals surface area contributed by atoms with Crippen LogP contribution in [0, 0.1) is 25.2 Å². The van der Waals surface area contributed by atoms with Crippen molar-refractivity contribution in [3.05, 3.63) is 48.7 Å². The van der Waals surface area contributed by atoms with Crippen molar-refractivity contribution in [3.63, 3.8) is 0 Å². The zero-order chi connectivity index (χ0) is 16.7. The van der Waals surface area contributed by atoms with Crippen molar-refractivity contribution < 1.29 is 14.3 Å². The second-order valence-electron chi connectivity index (χ2n) is 5.09. The minimum atomic E-state index is -0.464. The third kappa shape index (κ3) is 2.40. The molecule has 0 fully saturated rings. The number of carbonyl (C=O) groups is 1. The third-order valence-electron chi connectivity index (χ3n) is 3.65. The Bertz CT molecular complexity index is 871. The number of carbonyl (C=O) groups excluding carboxylic acids is 1. The minimum Gasteiger partial charge on any atom is -0.465 e. The first kappa shape index (κ1) is 15.6. The Morgan fingerprint density at radius 1 is 1.39 bits per heavy atom. The number of nitrogens with two attached hydrogens (primary N) is 1. The van der Waals surface area contributed by atoms with Crippen LogP contribution in [0.5, 0.6) is 5.75 Å². The summed E-state index contributed by atoms with van der Waals surface area (Å²) in [5.74, 6) is -0.315. The van der Waals surface area contributed by atoms with Gasteiger partial charge in [0.1, 0.15) is 17.2 Å². The molecule has 0 bridgehead atoms. The molecule has 0 amide bonds. The molecule has 0 saturated carbocycles. The minimum absolute atomic E-state index is 0.0407. The highest BCUT2D eigenvalue weighted by Crippen LogP contribution is 2.50. The Morgan fingerprint density at radius 2 is 2.13 bits per heavy atom. The fourth-order valence-corrected chi connectivity index (χ4v) is 4.89. The predicted molar refractivity (Wildman–Crippen MR) is 88.7 cm³/mol. The highest BCUT2D eigenvalue weighted by molar-refractivity contribution is 7.14. The zero-order valence-electron chi connectivity index (χ0n) is 12.8. The molecule has 0 radical (unpaired) electrons. The summed E-state index contributed by atoms with van der Waals surface area (Å²) in [7, 11) is 1.33. The van der Waals surface area contributed by atoms with Crippen molar-refractivity contribution in [3.8, 4) is 11.8 Å². The molecular formula is C16H14N2O3S2. The largest absolute Gasteiger partial charge is 0.465 e. The normalized spacial score (nSPS) is 16.5. The molecule has 23 heavy (non-hydrogen) atoms. The molecule has 0 spiro atoms. The van der Waals surface area contributed by atoms with E-state index in [-0.39, 0.29) is 11.8 Å². The summed E-state index contributed by atoms with van der Waals surface area (Å²) in [6, 6.07) is 6.14. The van der Waals surface area contributed by atoms with Gasteiger partial charge in [-0.3, -0.25) is 0 Å². The highest BCUT2D eigenvalue weighted by Gasteiger charge is 2.37. The number of rotatable bonds is 2. The van der Waals surface area contributed by atoms with Gasteiger partial charge >= 0.3 is 5.97 Å². The summed E-state index contributed by atoms with van der Waals surface area (Å²) in [6.07, 6.45) is 0. The van der Waals surface area contributed by atoms with Gasteiger partial charge in [0.25, 0.3) is 0 Å². The molecule has 2 aromatic rings. The van der Waals surface area contributed by atoms with Crippen LogP contribution in [0.15, 0.2) is 23.6 Å². The standard InChI is InChI=1S/C16H14N2O3S2/c1-7-4-5-10(22-7)12-9(6-17)15(18)21-13-11(16(19)20-3)8(2)23-14(12)13/h4-5,12H,18H2,1-3H3. The first-order valence-electron chi connectivity index (χ1n) is 6.83. The summed E-state index contributed by atoms with van der Waals surface area (Å²) >= 11 is 3.04. The van der Waals surface area contributed by atoms with Crippen LogP contribution in [0.1, 0.15) is 35.8 Å². The summed E-state index contributed by atoms with van der Waals surface area (Å²) < 4.78 is 10.5. The van der Waals surface area contributed by atoms with Crippen LogP contribution < -0.4 is 10.5 Å². The number of esters is 1. The Labute approximate surface area is 141 Å². The lowest BCUT2D eigenvalue weighted by Gasteiger charge is -2.23. The third-order valence-corrected chi connectivity index (χ3v) is 5.87. The Hall–Kier alpha value is -2.30. The van der Waals surface area contributed by atoms with E-state index in [0.29, 0.717) is 16.9 Å². The first-order valence-corrected chi connectivity index (χ1v) is 8.46. The zero-order valence-corrected chi connectivity index (χ0v) is 14.4. The number of nitrogens with zero attached hydrogens (tertiary/aromatic N) is 1. The number of hydrogen-bond acceptors (Lipinski definition) is 7. The van der Waals surface area contributed by atoms with Crippen molar-refractivity contribution in [1.82, 2.24) is 0 Å². The number of fused-ring (bicyclic) bond motifs is 1. The van der Waals surface area contributed by atoms with Gasteiger partial charge in [0.05, 0.1) is 17.9 Å². The van der Waals surface area contributed by atoms with E-state index >= 15 is 0 Å². The van der Waals surface area contributed by atoms with Crippen LogP contribution in [-0.2, 0) is 4.74 Å². The predicted octanol–water partition coefficient (Wildman–Crippen LogP) is 3.43. The summed E-state index contributed by atoms with van der Waals surface area (Å²) in [4.78, 5) is 15.8. The molecule has 0 saturated heterocycles. The van der Waals surface area contributed by atoms with Gasteiger partial charge in [0, 0.05) is 14.6 Å². The van der Waals surface area contributed by atoms with Gasteiger partial charge in [0.2, 0.25) is 5.88 Å². The molecule has 1 atom stereocenters. The van der Waals surface area contributed by atoms with Gasteiger partial charge in [0.15, 0.2) is 5.75 Å². The molecule has 1 aliphatic rings. The van der Waals surface area contributed by atoms with Gasteiger partial charge in [-0.2, -0.15) is 5.26 Å². The average molecular weight is 346 g/mol. The van der Waals surface area contributed by atoms with Gasteiger partial charge in [-0.05, 0) is 26.0 Å². The van der Waals surface area contributed by atoms with E-state index in [9.17, 15) is 10.1 Å². The van der Waals surface area contributed by atoms with Crippen molar-refractivity contribution in [2.24, 2.45) is 5.73 Å². The second kappa shape index (κ2) is 5.72. The lowest BCUT2D eigenvalue weighted by atomic mass is 9.93. The van der Waals surface area contributed by atoms with Crippen molar-refractivity contribution in [1.29, 1.82) is 5.26 Å². The molecule has 2 N–H and O–H groups in total.